The standard InChI is InChI=1S/C19H25N5O2/c1-22-8-2-4-16(22)18(25)24-9-3-5-19(14-24)13-23(10-11-26-15-19)17-12-20-6-7-21-17/h2,4,6-8,12H,3,5,9-11,13-15H2,1H3. The number of aromatic nitrogens is 3. The van der Waals surface area contributed by atoms with Gasteiger partial charge in [0.1, 0.15) is 11.5 Å². The molecule has 2 aliphatic rings. The summed E-state index contributed by atoms with van der Waals surface area (Å²) in [6, 6.07) is 3.80. The lowest BCUT2D eigenvalue weighted by atomic mass is 9.80. The Morgan fingerprint density at radius 2 is 2.19 bits per heavy atom. The molecule has 2 aromatic heterocycles. The smallest absolute Gasteiger partial charge is 0.270 e. The highest BCUT2D eigenvalue weighted by atomic mass is 16.5. The zero-order valence-corrected chi connectivity index (χ0v) is 15.2. The predicted octanol–water partition coefficient (Wildman–Crippen LogP) is 1.57. The van der Waals surface area contributed by atoms with E-state index in [1.165, 1.54) is 0 Å². The first-order chi connectivity index (χ1) is 12.7. The molecule has 26 heavy (non-hydrogen) atoms. The summed E-state index contributed by atoms with van der Waals surface area (Å²) in [5.41, 5.74) is 0.676. The van der Waals surface area contributed by atoms with Crippen LogP contribution in [0.4, 0.5) is 5.82 Å². The van der Waals surface area contributed by atoms with Crippen LogP contribution < -0.4 is 4.90 Å². The molecule has 1 unspecified atom stereocenters. The van der Waals surface area contributed by atoms with Gasteiger partial charge < -0.3 is 19.1 Å². The third-order valence-corrected chi connectivity index (χ3v) is 5.43. The summed E-state index contributed by atoms with van der Waals surface area (Å²) >= 11 is 0. The first kappa shape index (κ1) is 17.0. The van der Waals surface area contributed by atoms with Gasteiger partial charge >= 0.3 is 0 Å². The van der Waals surface area contributed by atoms with E-state index >= 15 is 0 Å². The van der Waals surface area contributed by atoms with Gasteiger partial charge in [-0.1, -0.05) is 0 Å². The van der Waals surface area contributed by atoms with Crippen LogP contribution in [0.1, 0.15) is 23.3 Å². The SMILES string of the molecule is Cn1cccc1C(=O)N1CCCC2(COCCN(c3cnccn3)C2)C1. The summed E-state index contributed by atoms with van der Waals surface area (Å²) in [6.45, 7) is 4.50. The maximum Gasteiger partial charge on any atom is 0.270 e. The monoisotopic (exact) mass is 355 g/mol. The van der Waals surface area contributed by atoms with Gasteiger partial charge in [-0.15, -0.1) is 0 Å². The molecule has 0 N–H and O–H groups in total. The molecule has 2 aliphatic heterocycles. The quantitative estimate of drug-likeness (QED) is 0.818. The number of aryl methyl sites for hydroxylation is 1. The maximum absolute atomic E-state index is 13.0. The minimum absolute atomic E-state index is 0.0624. The van der Waals surface area contributed by atoms with Gasteiger partial charge in [-0.3, -0.25) is 9.78 Å². The number of nitrogens with zero attached hydrogens (tertiary/aromatic N) is 5. The Morgan fingerprint density at radius 3 is 2.96 bits per heavy atom. The number of rotatable bonds is 2. The van der Waals surface area contributed by atoms with Crippen LogP contribution in [0.25, 0.3) is 0 Å². The fourth-order valence-electron chi connectivity index (χ4n) is 4.12. The highest BCUT2D eigenvalue weighted by Gasteiger charge is 2.41. The molecule has 0 aliphatic carbocycles. The summed E-state index contributed by atoms with van der Waals surface area (Å²) in [4.78, 5) is 25.9. The fraction of sp³-hybridized carbons (Fsp3) is 0.526. The van der Waals surface area contributed by atoms with E-state index in [1.54, 1.807) is 18.6 Å². The first-order valence-electron chi connectivity index (χ1n) is 9.16. The van der Waals surface area contributed by atoms with E-state index in [9.17, 15) is 4.79 Å². The molecule has 1 atom stereocenters. The predicted molar refractivity (Wildman–Crippen MR) is 98.0 cm³/mol. The summed E-state index contributed by atoms with van der Waals surface area (Å²) in [6.07, 6.45) is 9.18. The van der Waals surface area contributed by atoms with Crippen molar-refractivity contribution in [2.24, 2.45) is 12.5 Å². The van der Waals surface area contributed by atoms with Crippen LogP contribution in [-0.4, -0.2) is 64.7 Å². The van der Waals surface area contributed by atoms with Crippen molar-refractivity contribution in [1.29, 1.82) is 0 Å². The lowest BCUT2D eigenvalue weighted by molar-refractivity contribution is 0.0131. The van der Waals surface area contributed by atoms with Gasteiger partial charge in [0, 0.05) is 57.2 Å². The molecule has 0 radical (unpaired) electrons. The molecule has 0 aromatic carbocycles. The van der Waals surface area contributed by atoms with Gasteiger partial charge in [0.05, 0.1) is 19.4 Å². The Morgan fingerprint density at radius 1 is 1.27 bits per heavy atom. The van der Waals surface area contributed by atoms with Gasteiger partial charge in [0.25, 0.3) is 5.91 Å². The van der Waals surface area contributed by atoms with Crippen LogP contribution in [0.3, 0.4) is 0 Å². The van der Waals surface area contributed by atoms with Gasteiger partial charge in [0.15, 0.2) is 0 Å². The zero-order valence-electron chi connectivity index (χ0n) is 15.2. The van der Waals surface area contributed by atoms with Crippen molar-refractivity contribution in [3.05, 3.63) is 42.6 Å². The van der Waals surface area contributed by atoms with Crippen molar-refractivity contribution in [2.45, 2.75) is 12.8 Å². The molecule has 4 heterocycles. The average molecular weight is 355 g/mol. The fourth-order valence-corrected chi connectivity index (χ4v) is 4.12. The number of likely N-dealkylation sites (tertiary alicyclic amines) is 1. The average Bonchev–Trinajstić information content (AvgIpc) is 3.00. The van der Waals surface area contributed by atoms with Crippen molar-refractivity contribution < 1.29 is 9.53 Å². The second-order valence-corrected chi connectivity index (χ2v) is 7.37. The topological polar surface area (TPSA) is 63.5 Å². The molecule has 2 fully saturated rings. The third-order valence-electron chi connectivity index (χ3n) is 5.43. The summed E-state index contributed by atoms with van der Waals surface area (Å²) in [5.74, 6) is 0.982. The molecule has 2 saturated heterocycles. The number of hydrogen-bond donors (Lipinski definition) is 0. The summed E-state index contributed by atoms with van der Waals surface area (Å²) < 4.78 is 7.84. The first-order valence-corrected chi connectivity index (χ1v) is 9.16. The second kappa shape index (κ2) is 7.07. The van der Waals surface area contributed by atoms with Crippen LogP contribution in [0.2, 0.25) is 0 Å². The van der Waals surface area contributed by atoms with Crippen molar-refractivity contribution in [2.75, 3.05) is 44.3 Å². The van der Waals surface area contributed by atoms with E-state index in [-0.39, 0.29) is 11.3 Å². The Bertz CT molecular complexity index is 762. The minimum atomic E-state index is -0.0624. The number of ether oxygens (including phenoxy) is 1. The zero-order chi connectivity index (χ0) is 18.0. The molecule has 1 amide bonds. The molecule has 138 valence electrons. The van der Waals surface area contributed by atoms with Crippen molar-refractivity contribution >= 4 is 11.7 Å². The molecular weight excluding hydrogens is 330 g/mol. The lowest BCUT2D eigenvalue weighted by Gasteiger charge is -2.43. The normalized spacial score (nSPS) is 23.9. The largest absolute Gasteiger partial charge is 0.379 e. The van der Waals surface area contributed by atoms with E-state index in [1.807, 2.05) is 34.8 Å². The number of carbonyl (C=O) groups is 1. The third kappa shape index (κ3) is 3.31. The van der Waals surface area contributed by atoms with E-state index in [0.29, 0.717) is 19.8 Å². The maximum atomic E-state index is 13.0. The second-order valence-electron chi connectivity index (χ2n) is 7.37. The molecule has 0 saturated carbocycles. The van der Waals surface area contributed by atoms with Crippen LogP contribution in [0.15, 0.2) is 36.9 Å². The Labute approximate surface area is 153 Å². The van der Waals surface area contributed by atoms with Crippen molar-refractivity contribution in [1.82, 2.24) is 19.4 Å². The molecule has 7 nitrogen and oxygen atoms in total. The van der Waals surface area contributed by atoms with Gasteiger partial charge in [0.2, 0.25) is 0 Å². The van der Waals surface area contributed by atoms with Crippen LogP contribution in [-0.2, 0) is 11.8 Å². The van der Waals surface area contributed by atoms with E-state index in [4.69, 9.17) is 4.74 Å². The Kier molecular flexibility index (Phi) is 4.63. The summed E-state index contributed by atoms with van der Waals surface area (Å²) in [7, 11) is 1.91. The van der Waals surface area contributed by atoms with Gasteiger partial charge in [-0.05, 0) is 25.0 Å². The number of hydrogen-bond acceptors (Lipinski definition) is 5. The summed E-state index contributed by atoms with van der Waals surface area (Å²) in [5, 5.41) is 0. The van der Waals surface area contributed by atoms with E-state index in [2.05, 4.69) is 14.9 Å². The highest BCUT2D eigenvalue weighted by molar-refractivity contribution is 5.92. The van der Waals surface area contributed by atoms with E-state index in [0.717, 1.165) is 44.0 Å². The minimum Gasteiger partial charge on any atom is -0.379 e. The molecule has 4 rings (SSSR count). The Hall–Kier alpha value is -2.41. The van der Waals surface area contributed by atoms with Crippen LogP contribution >= 0.6 is 0 Å². The molecule has 1 spiro atoms. The molecular formula is C19H25N5O2. The highest BCUT2D eigenvalue weighted by Crippen LogP contribution is 2.34. The van der Waals surface area contributed by atoms with Gasteiger partial charge in [-0.25, -0.2) is 4.98 Å². The van der Waals surface area contributed by atoms with Crippen molar-refractivity contribution in [3.8, 4) is 0 Å². The molecule has 7 heteroatoms. The van der Waals surface area contributed by atoms with E-state index < -0.39 is 0 Å². The van der Waals surface area contributed by atoms with Crippen molar-refractivity contribution in [3.63, 3.8) is 0 Å². The van der Waals surface area contributed by atoms with Crippen LogP contribution in [0.5, 0.6) is 0 Å². The number of carbonyl (C=O) groups excluding carboxylic acids is 1. The number of amides is 1. The number of piperidine rings is 1. The molecule has 0 bridgehead atoms. The van der Waals surface area contributed by atoms with Gasteiger partial charge in [-0.2, -0.15) is 0 Å². The lowest BCUT2D eigenvalue weighted by Crippen LogP contribution is -2.52. The van der Waals surface area contributed by atoms with Crippen LogP contribution in [0, 0.1) is 5.41 Å². The number of anilines is 1. The Balaban J connectivity index is 1.54. The molecule has 2 aromatic rings.